The molecule has 0 aromatic heterocycles. The highest BCUT2D eigenvalue weighted by atomic mass is 127. The normalized spacial score (nSPS) is 12.3. The number of phenols is 2. The van der Waals surface area contributed by atoms with E-state index in [2.05, 4.69) is 10.6 Å². The van der Waals surface area contributed by atoms with E-state index in [0.717, 1.165) is 0 Å². The molecule has 0 aliphatic rings. The van der Waals surface area contributed by atoms with Gasteiger partial charge in [0.05, 0.1) is 20.4 Å². The highest BCUT2D eigenvalue weighted by Crippen LogP contribution is 2.41. The predicted octanol–water partition coefficient (Wildman–Crippen LogP) is 3.19. The molecule has 38 heavy (non-hydrogen) atoms. The molecule has 206 valence electrons. The molecule has 0 fully saturated rings. The lowest BCUT2D eigenvalue weighted by Crippen LogP contribution is -2.42. The number of hydrogen-bond donors (Lipinski definition) is 4. The molecule has 2 amide bonds. The molecule has 0 spiro atoms. The third-order valence-electron chi connectivity index (χ3n) is 5.31. The number of hydrogen-bond acceptors (Lipinski definition) is 8. The Kier molecular flexibility index (Phi) is 12.1. The van der Waals surface area contributed by atoms with Crippen molar-refractivity contribution < 1.29 is 38.9 Å². The van der Waals surface area contributed by atoms with Crippen molar-refractivity contribution in [3.8, 4) is 22.6 Å². The summed E-state index contributed by atoms with van der Waals surface area (Å²) in [4.78, 5) is 48.2. The summed E-state index contributed by atoms with van der Waals surface area (Å²) < 4.78 is 11.1. The first-order valence-corrected chi connectivity index (χ1v) is 13.9. The number of aromatic hydroxyl groups is 2. The fraction of sp³-hybridized carbons (Fsp3) is 0.385. The summed E-state index contributed by atoms with van der Waals surface area (Å²) in [6.45, 7) is 6.23. The lowest BCUT2D eigenvalue weighted by atomic mass is 9.95. The molecule has 0 heterocycles. The molecule has 2 aromatic carbocycles. The first kappa shape index (κ1) is 31.6. The summed E-state index contributed by atoms with van der Waals surface area (Å²) in [5.41, 5.74) is 1.80. The van der Waals surface area contributed by atoms with Gasteiger partial charge >= 0.3 is 11.9 Å². The molecule has 0 bridgehead atoms. The molecule has 10 nitrogen and oxygen atoms in total. The molecular formula is C26H30I2N2O8. The van der Waals surface area contributed by atoms with Gasteiger partial charge in [-0.2, -0.15) is 0 Å². The zero-order valence-electron chi connectivity index (χ0n) is 21.4. The van der Waals surface area contributed by atoms with Crippen molar-refractivity contribution in [3.63, 3.8) is 0 Å². The number of carbonyl (C=O) groups excluding carboxylic acids is 4. The molecule has 0 aliphatic heterocycles. The van der Waals surface area contributed by atoms with Gasteiger partial charge in [-0.05, 0) is 94.4 Å². The van der Waals surface area contributed by atoms with Crippen molar-refractivity contribution in [3.05, 3.63) is 42.5 Å². The molecule has 2 atom stereocenters. The third kappa shape index (κ3) is 8.71. The van der Waals surface area contributed by atoms with Crippen molar-refractivity contribution in [2.75, 3.05) is 13.2 Å². The van der Waals surface area contributed by atoms with Gasteiger partial charge in [0.25, 0.3) is 0 Å². The molecule has 0 unspecified atom stereocenters. The van der Waals surface area contributed by atoms with Gasteiger partial charge in [0.15, 0.2) is 0 Å². The maximum atomic E-state index is 12.4. The van der Waals surface area contributed by atoms with Crippen molar-refractivity contribution in [2.24, 2.45) is 0 Å². The van der Waals surface area contributed by atoms with E-state index in [1.165, 1.54) is 13.8 Å². The second-order valence-corrected chi connectivity index (χ2v) is 10.7. The van der Waals surface area contributed by atoms with Crippen LogP contribution in [0.15, 0.2) is 24.3 Å². The summed E-state index contributed by atoms with van der Waals surface area (Å²) in [6.07, 6.45) is 0.180. The van der Waals surface area contributed by atoms with Crippen LogP contribution in [0, 0.1) is 7.14 Å². The minimum absolute atomic E-state index is 0.0892. The van der Waals surface area contributed by atoms with Crippen LogP contribution in [-0.4, -0.2) is 59.3 Å². The number of benzene rings is 2. The molecule has 0 aliphatic carbocycles. The Hall–Kier alpha value is -2.62. The van der Waals surface area contributed by atoms with E-state index in [0.29, 0.717) is 29.4 Å². The van der Waals surface area contributed by atoms with Crippen LogP contribution in [0.3, 0.4) is 0 Å². The molecule has 12 heteroatoms. The van der Waals surface area contributed by atoms with E-state index in [1.54, 1.807) is 38.1 Å². The van der Waals surface area contributed by atoms with Gasteiger partial charge in [-0.1, -0.05) is 0 Å². The van der Waals surface area contributed by atoms with E-state index >= 15 is 0 Å². The van der Waals surface area contributed by atoms with Crippen molar-refractivity contribution in [1.82, 2.24) is 10.6 Å². The Labute approximate surface area is 248 Å². The first-order valence-electron chi connectivity index (χ1n) is 11.8. The Morgan fingerprint density at radius 2 is 1.08 bits per heavy atom. The summed E-state index contributed by atoms with van der Waals surface area (Å²) in [7, 11) is 0. The number of halogens is 2. The number of ether oxygens (including phenoxy) is 2. The monoisotopic (exact) mass is 752 g/mol. The second-order valence-electron chi connectivity index (χ2n) is 8.37. The van der Waals surface area contributed by atoms with Gasteiger partial charge in [-0.25, -0.2) is 9.59 Å². The van der Waals surface area contributed by atoms with Crippen LogP contribution >= 0.6 is 45.2 Å². The zero-order chi connectivity index (χ0) is 28.6. The Bertz CT molecular complexity index is 1120. The van der Waals surface area contributed by atoms with Crippen molar-refractivity contribution in [1.29, 1.82) is 0 Å². The lowest BCUT2D eigenvalue weighted by molar-refractivity contribution is -0.147. The molecule has 2 rings (SSSR count). The lowest BCUT2D eigenvalue weighted by Gasteiger charge is -2.19. The standard InChI is InChI=1S/C26H30I2N2O8/c1-5-37-25(35)21(29-13(3)31)11-15-7-17(23(33)19(27)9-15)18-8-16(10-20(28)24(18)34)12-22(30-14(4)32)26(36)38-6-2/h7-10,21-22,33-34H,5-6,11-12H2,1-4H3,(H,29,31)(H,30,32)/t21-,22-/m0/s1. The fourth-order valence-electron chi connectivity index (χ4n) is 3.79. The van der Waals surface area contributed by atoms with Crippen LogP contribution in [0.2, 0.25) is 0 Å². The zero-order valence-corrected chi connectivity index (χ0v) is 25.7. The van der Waals surface area contributed by atoms with Crippen molar-refractivity contribution >= 4 is 68.9 Å². The molecule has 0 radical (unpaired) electrons. The third-order valence-corrected chi connectivity index (χ3v) is 6.96. The molecular weight excluding hydrogens is 722 g/mol. The minimum Gasteiger partial charge on any atom is -0.506 e. The summed E-state index contributed by atoms with van der Waals surface area (Å²) in [6, 6.07) is 4.71. The molecule has 0 saturated carbocycles. The van der Waals surface area contributed by atoms with Gasteiger partial charge in [0.2, 0.25) is 11.8 Å². The smallest absolute Gasteiger partial charge is 0.328 e. The van der Waals surface area contributed by atoms with E-state index < -0.39 is 35.8 Å². The number of nitrogens with one attached hydrogen (secondary N) is 2. The highest BCUT2D eigenvalue weighted by molar-refractivity contribution is 14.1. The second kappa shape index (κ2) is 14.5. The van der Waals surface area contributed by atoms with Crippen LogP contribution in [0.5, 0.6) is 11.5 Å². The first-order chi connectivity index (χ1) is 17.9. The van der Waals surface area contributed by atoms with Crippen LogP contribution in [0.4, 0.5) is 0 Å². The topological polar surface area (TPSA) is 151 Å². The predicted molar refractivity (Wildman–Crippen MR) is 157 cm³/mol. The number of esters is 2. The van der Waals surface area contributed by atoms with Gasteiger partial charge < -0.3 is 30.3 Å². The van der Waals surface area contributed by atoms with Crippen molar-refractivity contribution in [2.45, 2.75) is 52.6 Å². The summed E-state index contributed by atoms with van der Waals surface area (Å²) >= 11 is 3.89. The van der Waals surface area contributed by atoms with Gasteiger partial charge in [0, 0.05) is 37.8 Å². The molecule has 0 saturated heterocycles. The maximum Gasteiger partial charge on any atom is 0.328 e. The van der Waals surface area contributed by atoms with Crippen LogP contribution in [0.1, 0.15) is 38.8 Å². The van der Waals surface area contributed by atoms with Gasteiger partial charge in [-0.3, -0.25) is 9.59 Å². The number of rotatable bonds is 11. The van der Waals surface area contributed by atoms with E-state index in [4.69, 9.17) is 9.47 Å². The Morgan fingerprint density at radius 1 is 0.737 bits per heavy atom. The van der Waals surface area contributed by atoms with E-state index in [1.807, 2.05) is 45.2 Å². The van der Waals surface area contributed by atoms with Crippen LogP contribution < -0.4 is 10.6 Å². The summed E-state index contributed by atoms with van der Waals surface area (Å²) in [5.74, 6) is -2.15. The molecule has 4 N–H and O–H groups in total. The highest BCUT2D eigenvalue weighted by Gasteiger charge is 2.25. The number of amides is 2. The summed E-state index contributed by atoms with van der Waals surface area (Å²) in [5, 5.41) is 27.0. The van der Waals surface area contributed by atoms with E-state index in [-0.39, 0.29) is 37.6 Å². The van der Waals surface area contributed by atoms with E-state index in [9.17, 15) is 29.4 Å². The minimum atomic E-state index is -0.941. The van der Waals surface area contributed by atoms with Gasteiger partial charge in [0.1, 0.15) is 23.6 Å². The number of carbonyl (C=O) groups is 4. The van der Waals surface area contributed by atoms with Gasteiger partial charge in [-0.15, -0.1) is 0 Å². The largest absolute Gasteiger partial charge is 0.506 e. The average Bonchev–Trinajstić information content (AvgIpc) is 2.82. The Morgan fingerprint density at radius 3 is 1.37 bits per heavy atom. The van der Waals surface area contributed by atoms with Crippen LogP contribution in [-0.2, 0) is 41.5 Å². The van der Waals surface area contributed by atoms with Crippen LogP contribution in [0.25, 0.3) is 11.1 Å². The quantitative estimate of drug-likeness (QED) is 0.202. The molecule has 2 aromatic rings. The fourth-order valence-corrected chi connectivity index (χ4v) is 5.17. The number of phenolic OH excluding ortho intramolecular Hbond substituents is 2. The average molecular weight is 752 g/mol. The maximum absolute atomic E-state index is 12.4. The Balaban J connectivity index is 2.54. The SMILES string of the molecule is CCOC(=O)[C@H](Cc1cc(I)c(O)c(-c2cc(C[C@H](NC(C)=O)C(=O)OCC)cc(I)c2O)c1)NC(C)=O.